The molecule has 0 aliphatic rings. The maximum atomic E-state index is 12.1. The molecule has 0 saturated carbocycles. The number of nitrogens with one attached hydrogen (secondary N) is 1. The third-order valence-electron chi connectivity index (χ3n) is 2.15. The van der Waals surface area contributed by atoms with Gasteiger partial charge in [0, 0.05) is 15.5 Å². The molecule has 0 spiro atoms. The van der Waals surface area contributed by atoms with Gasteiger partial charge in [0.25, 0.3) is 0 Å². The molecule has 0 amide bonds. The van der Waals surface area contributed by atoms with Gasteiger partial charge in [-0.05, 0) is 28.1 Å². The van der Waals surface area contributed by atoms with Crippen LogP contribution in [0.5, 0.6) is 0 Å². The monoisotopic (exact) mass is 414 g/mol. The summed E-state index contributed by atoms with van der Waals surface area (Å²) < 4.78 is 31.8. The van der Waals surface area contributed by atoms with E-state index in [9.17, 15) is 13.2 Å². The van der Waals surface area contributed by atoms with Crippen LogP contribution < -0.4 is 10.5 Å². The number of sulfonamides is 1. The molecule has 0 bridgehead atoms. The van der Waals surface area contributed by atoms with Gasteiger partial charge in [-0.1, -0.05) is 15.9 Å². The molecule has 0 aliphatic heterocycles. The number of halogens is 2. The van der Waals surface area contributed by atoms with E-state index in [4.69, 9.17) is 5.73 Å². The topological polar surface area (TPSA) is 98.5 Å². The molecule has 3 N–H and O–H groups in total. The Labute approximate surface area is 128 Å². The number of nitrogens with two attached hydrogens (primary N) is 1. The summed E-state index contributed by atoms with van der Waals surface area (Å²) in [6.07, 6.45) is -0.0518. The lowest BCUT2D eigenvalue weighted by atomic mass is 10.3. The van der Waals surface area contributed by atoms with Crippen molar-refractivity contribution in [2.75, 3.05) is 19.4 Å². The number of benzene rings is 1. The number of nitrogen functional groups attached to an aromatic ring is 1. The minimum absolute atomic E-state index is 0.0518. The summed E-state index contributed by atoms with van der Waals surface area (Å²) in [5.74, 6) is -0.495. The highest BCUT2D eigenvalue weighted by atomic mass is 79.9. The molecule has 0 unspecified atom stereocenters. The molecule has 0 fully saturated rings. The van der Waals surface area contributed by atoms with Crippen molar-refractivity contribution in [3.63, 3.8) is 0 Å². The first kappa shape index (κ1) is 16.4. The fourth-order valence-corrected chi connectivity index (χ4v) is 4.42. The van der Waals surface area contributed by atoms with Crippen LogP contribution in [0, 0.1) is 0 Å². The lowest BCUT2D eigenvalue weighted by Gasteiger charge is -2.11. The zero-order valence-electron chi connectivity index (χ0n) is 9.94. The van der Waals surface area contributed by atoms with Crippen molar-refractivity contribution in [2.45, 2.75) is 11.3 Å². The second kappa shape index (κ2) is 6.69. The highest BCUT2D eigenvalue weighted by Crippen LogP contribution is 2.31. The van der Waals surface area contributed by atoms with Crippen LogP contribution in [0.25, 0.3) is 0 Å². The van der Waals surface area contributed by atoms with Crippen molar-refractivity contribution in [3.05, 3.63) is 21.1 Å². The van der Waals surface area contributed by atoms with Crippen molar-refractivity contribution in [1.82, 2.24) is 4.72 Å². The minimum Gasteiger partial charge on any atom is -0.469 e. The van der Waals surface area contributed by atoms with Gasteiger partial charge in [-0.15, -0.1) is 0 Å². The van der Waals surface area contributed by atoms with Crippen LogP contribution in [0.2, 0.25) is 0 Å². The normalized spacial score (nSPS) is 11.3. The number of methoxy groups -OCH3 is 1. The van der Waals surface area contributed by atoms with Gasteiger partial charge in [0.2, 0.25) is 10.0 Å². The van der Waals surface area contributed by atoms with E-state index in [2.05, 4.69) is 41.3 Å². The van der Waals surface area contributed by atoms with Crippen LogP contribution in [-0.4, -0.2) is 28.0 Å². The molecule has 19 heavy (non-hydrogen) atoms. The van der Waals surface area contributed by atoms with Crippen molar-refractivity contribution in [3.8, 4) is 0 Å². The second-order valence-electron chi connectivity index (χ2n) is 3.53. The summed E-state index contributed by atoms with van der Waals surface area (Å²) in [5.41, 5.74) is 5.80. The van der Waals surface area contributed by atoms with Crippen molar-refractivity contribution in [1.29, 1.82) is 0 Å². The van der Waals surface area contributed by atoms with Gasteiger partial charge in [0.1, 0.15) is 4.90 Å². The average molecular weight is 416 g/mol. The molecule has 0 atom stereocenters. The van der Waals surface area contributed by atoms with Gasteiger partial charge in [-0.2, -0.15) is 0 Å². The fourth-order valence-electron chi connectivity index (χ4n) is 1.33. The first-order valence-corrected chi connectivity index (χ1v) is 8.16. The summed E-state index contributed by atoms with van der Waals surface area (Å²) in [6, 6.07) is 3.06. The lowest BCUT2D eigenvalue weighted by molar-refractivity contribution is -0.140. The van der Waals surface area contributed by atoms with Gasteiger partial charge in [-0.25, -0.2) is 13.1 Å². The molecule has 0 heterocycles. The van der Waals surface area contributed by atoms with E-state index in [-0.39, 0.29) is 23.5 Å². The van der Waals surface area contributed by atoms with Gasteiger partial charge >= 0.3 is 5.97 Å². The maximum Gasteiger partial charge on any atom is 0.306 e. The molecule has 106 valence electrons. The number of carbonyl (C=O) groups excluding carboxylic acids is 1. The number of carbonyl (C=O) groups is 1. The third kappa shape index (κ3) is 4.44. The highest BCUT2D eigenvalue weighted by molar-refractivity contribution is 9.11. The molecule has 1 rings (SSSR count). The third-order valence-corrected chi connectivity index (χ3v) is 5.08. The quantitative estimate of drug-likeness (QED) is 0.562. The van der Waals surface area contributed by atoms with E-state index >= 15 is 0 Å². The Morgan fingerprint density at radius 3 is 2.58 bits per heavy atom. The summed E-state index contributed by atoms with van der Waals surface area (Å²) in [4.78, 5) is 10.9. The SMILES string of the molecule is COC(=O)CCNS(=O)(=O)c1c(N)cc(Br)cc1Br. The molecular weight excluding hydrogens is 404 g/mol. The Morgan fingerprint density at radius 2 is 2.05 bits per heavy atom. The molecule has 1 aromatic carbocycles. The number of rotatable bonds is 5. The molecule has 6 nitrogen and oxygen atoms in total. The number of hydrogen-bond donors (Lipinski definition) is 2. The zero-order chi connectivity index (χ0) is 14.6. The first-order valence-electron chi connectivity index (χ1n) is 5.09. The predicted molar refractivity (Wildman–Crippen MR) is 78.1 cm³/mol. The van der Waals surface area contributed by atoms with E-state index < -0.39 is 16.0 Å². The maximum absolute atomic E-state index is 12.1. The molecule has 9 heteroatoms. The predicted octanol–water partition coefficient (Wildman–Crippen LogP) is 1.64. The fraction of sp³-hybridized carbons (Fsp3) is 0.300. The van der Waals surface area contributed by atoms with Gasteiger partial charge in [0.15, 0.2) is 0 Å². The average Bonchev–Trinajstić information content (AvgIpc) is 2.26. The van der Waals surface area contributed by atoms with Crippen molar-refractivity contribution < 1.29 is 17.9 Å². The standard InChI is InChI=1S/C10H12Br2N2O4S/c1-18-9(15)2-3-14-19(16,17)10-7(12)4-6(11)5-8(10)13/h4-5,14H,2-3,13H2,1H3. The Hall–Kier alpha value is -0.640. The zero-order valence-corrected chi connectivity index (χ0v) is 13.9. The van der Waals surface area contributed by atoms with E-state index in [0.29, 0.717) is 8.95 Å². The largest absolute Gasteiger partial charge is 0.469 e. The summed E-state index contributed by atoms with van der Waals surface area (Å²) in [6.45, 7) is -0.0586. The molecular formula is C10H12Br2N2O4S. The van der Waals surface area contributed by atoms with Crippen molar-refractivity contribution >= 4 is 53.5 Å². The van der Waals surface area contributed by atoms with E-state index in [1.54, 1.807) is 6.07 Å². The summed E-state index contributed by atoms with van der Waals surface area (Å²) >= 11 is 6.36. The molecule has 0 saturated heterocycles. The van der Waals surface area contributed by atoms with E-state index in [1.165, 1.54) is 13.2 Å². The van der Waals surface area contributed by atoms with E-state index in [0.717, 1.165) is 0 Å². The lowest BCUT2D eigenvalue weighted by Crippen LogP contribution is -2.27. The Balaban J connectivity index is 2.92. The van der Waals surface area contributed by atoms with Crippen molar-refractivity contribution in [2.24, 2.45) is 0 Å². The first-order chi connectivity index (χ1) is 8.77. The Bertz CT molecular complexity index is 566. The second-order valence-corrected chi connectivity index (χ2v) is 7.00. The molecule has 0 radical (unpaired) electrons. The highest BCUT2D eigenvalue weighted by Gasteiger charge is 2.21. The van der Waals surface area contributed by atoms with Crippen LogP contribution in [-0.2, 0) is 19.6 Å². The van der Waals surface area contributed by atoms with Crippen LogP contribution in [0.15, 0.2) is 26.0 Å². The van der Waals surface area contributed by atoms with E-state index in [1.807, 2.05) is 0 Å². The number of anilines is 1. The molecule has 1 aromatic rings. The van der Waals surface area contributed by atoms with Crippen LogP contribution >= 0.6 is 31.9 Å². The van der Waals surface area contributed by atoms with Crippen LogP contribution in [0.4, 0.5) is 5.69 Å². The molecule has 0 aromatic heterocycles. The number of hydrogen-bond acceptors (Lipinski definition) is 5. The van der Waals surface area contributed by atoms with Gasteiger partial charge in [0.05, 0.1) is 19.2 Å². The number of ether oxygens (including phenoxy) is 1. The summed E-state index contributed by atoms with van der Waals surface area (Å²) in [7, 11) is -2.56. The summed E-state index contributed by atoms with van der Waals surface area (Å²) in [5, 5.41) is 0. The molecule has 0 aliphatic carbocycles. The Morgan fingerprint density at radius 1 is 1.42 bits per heavy atom. The van der Waals surface area contributed by atoms with Crippen LogP contribution in [0.3, 0.4) is 0 Å². The smallest absolute Gasteiger partial charge is 0.306 e. The Kier molecular flexibility index (Phi) is 5.78. The van der Waals surface area contributed by atoms with Gasteiger partial charge in [-0.3, -0.25) is 4.79 Å². The minimum atomic E-state index is -3.79. The van der Waals surface area contributed by atoms with Gasteiger partial charge < -0.3 is 10.5 Å². The van der Waals surface area contributed by atoms with Crippen LogP contribution in [0.1, 0.15) is 6.42 Å². The number of esters is 1.